The quantitative estimate of drug-likeness (QED) is 0.755. The zero-order valence-electron chi connectivity index (χ0n) is 14.5. The van der Waals surface area contributed by atoms with Gasteiger partial charge in [-0.1, -0.05) is 16.8 Å². The van der Waals surface area contributed by atoms with Gasteiger partial charge in [0.15, 0.2) is 0 Å². The van der Waals surface area contributed by atoms with E-state index < -0.39 is 23.8 Å². The molecule has 138 valence electrons. The summed E-state index contributed by atoms with van der Waals surface area (Å²) in [7, 11) is 3.05. The number of oxime groups is 1. The topological polar surface area (TPSA) is 77.4 Å². The normalized spacial score (nSPS) is 21.0. The molecule has 2 aliphatic heterocycles. The molecule has 2 unspecified atom stereocenters. The average Bonchev–Trinajstić information content (AvgIpc) is 3.22. The lowest BCUT2D eigenvalue weighted by atomic mass is 9.93. The van der Waals surface area contributed by atoms with Gasteiger partial charge < -0.3 is 14.3 Å². The van der Waals surface area contributed by atoms with Gasteiger partial charge in [-0.25, -0.2) is 4.90 Å². The molecular weight excluding hydrogens is 372 g/mol. The average molecular weight is 387 g/mol. The molecule has 2 aromatic rings. The largest absolute Gasteiger partial charge is 0.497 e. The van der Waals surface area contributed by atoms with Crippen LogP contribution < -0.4 is 14.4 Å². The number of rotatable bonds is 4. The van der Waals surface area contributed by atoms with Gasteiger partial charge in [0.2, 0.25) is 12.0 Å². The molecule has 8 heteroatoms. The minimum Gasteiger partial charge on any atom is -0.497 e. The molecule has 0 radical (unpaired) electrons. The van der Waals surface area contributed by atoms with Crippen LogP contribution in [0.15, 0.2) is 47.6 Å². The predicted octanol–water partition coefficient (Wildman–Crippen LogP) is 2.65. The molecule has 1 fully saturated rings. The van der Waals surface area contributed by atoms with Gasteiger partial charge in [0.05, 0.1) is 19.9 Å². The van der Waals surface area contributed by atoms with Crippen LogP contribution >= 0.6 is 11.6 Å². The van der Waals surface area contributed by atoms with E-state index in [4.69, 9.17) is 25.9 Å². The molecule has 0 aliphatic carbocycles. The Hall–Kier alpha value is -3.06. The van der Waals surface area contributed by atoms with Gasteiger partial charge in [0.1, 0.15) is 23.1 Å². The lowest BCUT2D eigenvalue weighted by Crippen LogP contribution is -2.33. The van der Waals surface area contributed by atoms with Crippen molar-refractivity contribution in [2.45, 2.75) is 6.10 Å². The fraction of sp³-hybridized carbons (Fsp3) is 0.211. The summed E-state index contributed by atoms with van der Waals surface area (Å²) in [5.74, 6) is -0.650. The van der Waals surface area contributed by atoms with Crippen LogP contribution in [0.1, 0.15) is 5.56 Å². The van der Waals surface area contributed by atoms with Gasteiger partial charge in [-0.05, 0) is 42.5 Å². The van der Waals surface area contributed by atoms with Crippen LogP contribution in [0.4, 0.5) is 5.69 Å². The van der Waals surface area contributed by atoms with Gasteiger partial charge in [-0.15, -0.1) is 0 Å². The van der Waals surface area contributed by atoms with Crippen LogP contribution in [0, 0.1) is 5.92 Å². The highest BCUT2D eigenvalue weighted by atomic mass is 35.5. The minimum atomic E-state index is -1.00. The highest BCUT2D eigenvalue weighted by Gasteiger charge is 2.56. The number of benzene rings is 2. The second kappa shape index (κ2) is 6.59. The van der Waals surface area contributed by atoms with Crippen LogP contribution in [0.2, 0.25) is 5.02 Å². The van der Waals surface area contributed by atoms with E-state index in [-0.39, 0.29) is 0 Å². The van der Waals surface area contributed by atoms with E-state index in [0.29, 0.717) is 33.5 Å². The van der Waals surface area contributed by atoms with E-state index in [1.165, 1.54) is 14.2 Å². The van der Waals surface area contributed by atoms with Gasteiger partial charge in [0.25, 0.3) is 5.91 Å². The van der Waals surface area contributed by atoms with Crippen LogP contribution in [0.5, 0.6) is 11.5 Å². The van der Waals surface area contributed by atoms with Crippen LogP contribution in [0.25, 0.3) is 0 Å². The summed E-state index contributed by atoms with van der Waals surface area (Å²) in [4.78, 5) is 32.2. The van der Waals surface area contributed by atoms with Crippen molar-refractivity contribution in [2.24, 2.45) is 11.1 Å². The monoisotopic (exact) mass is 386 g/mol. The van der Waals surface area contributed by atoms with Crippen LogP contribution in [0.3, 0.4) is 0 Å². The second-order valence-electron chi connectivity index (χ2n) is 6.03. The number of ether oxygens (including phenoxy) is 2. The summed E-state index contributed by atoms with van der Waals surface area (Å²) in [5.41, 5.74) is 1.32. The summed E-state index contributed by atoms with van der Waals surface area (Å²) >= 11 is 5.89. The molecule has 4 rings (SSSR count). The van der Waals surface area contributed by atoms with Crippen molar-refractivity contribution in [1.82, 2.24) is 0 Å². The zero-order valence-corrected chi connectivity index (χ0v) is 15.3. The first-order chi connectivity index (χ1) is 13.0. The number of hydrogen-bond acceptors (Lipinski definition) is 6. The third-order valence-corrected chi connectivity index (χ3v) is 4.83. The van der Waals surface area contributed by atoms with E-state index in [1.54, 1.807) is 42.5 Å². The number of nitrogens with zero attached hydrogens (tertiary/aromatic N) is 2. The fourth-order valence-electron chi connectivity index (χ4n) is 3.26. The first-order valence-corrected chi connectivity index (χ1v) is 8.52. The maximum absolute atomic E-state index is 13.1. The van der Waals surface area contributed by atoms with E-state index in [1.807, 2.05) is 0 Å². The number of halogens is 1. The van der Waals surface area contributed by atoms with Crippen molar-refractivity contribution in [1.29, 1.82) is 0 Å². The molecule has 27 heavy (non-hydrogen) atoms. The smallest absolute Gasteiger partial charge is 0.278 e. The Bertz CT molecular complexity index is 957. The Morgan fingerprint density at radius 3 is 2.44 bits per heavy atom. The van der Waals surface area contributed by atoms with Crippen molar-refractivity contribution >= 4 is 34.8 Å². The number of amides is 2. The number of carbonyl (C=O) groups is 2. The van der Waals surface area contributed by atoms with Crippen LogP contribution in [-0.2, 0) is 14.4 Å². The first kappa shape index (κ1) is 17.4. The van der Waals surface area contributed by atoms with E-state index >= 15 is 0 Å². The van der Waals surface area contributed by atoms with Crippen molar-refractivity contribution in [3.63, 3.8) is 0 Å². The molecular formula is C19H15ClN2O5. The number of anilines is 1. The molecule has 2 atom stereocenters. The number of methoxy groups -OCH3 is 2. The van der Waals surface area contributed by atoms with E-state index in [9.17, 15) is 9.59 Å². The highest BCUT2D eigenvalue weighted by molar-refractivity contribution is 6.33. The van der Waals surface area contributed by atoms with Gasteiger partial charge in [-0.2, -0.15) is 0 Å². The third-order valence-electron chi connectivity index (χ3n) is 4.58. The lowest BCUT2D eigenvalue weighted by Gasteiger charge is -2.16. The van der Waals surface area contributed by atoms with Gasteiger partial charge in [0, 0.05) is 10.6 Å². The van der Waals surface area contributed by atoms with E-state index in [0.717, 1.165) is 4.90 Å². The number of carbonyl (C=O) groups excluding carboxylic acids is 2. The molecule has 0 spiro atoms. The lowest BCUT2D eigenvalue weighted by molar-refractivity contribution is -0.126. The SMILES string of the molecule is COc1ccc(OC)c(C2=NOC3C(=O)N(c4ccc(Cl)cc4)C(=O)C23)c1. The maximum Gasteiger partial charge on any atom is 0.278 e. The molecule has 2 aliphatic rings. The molecule has 0 bridgehead atoms. The molecule has 2 amide bonds. The van der Waals surface area contributed by atoms with Crippen molar-refractivity contribution in [3.8, 4) is 11.5 Å². The number of imide groups is 1. The summed E-state index contributed by atoms with van der Waals surface area (Å²) in [6, 6.07) is 11.6. The Labute approximate surface area is 160 Å². The summed E-state index contributed by atoms with van der Waals surface area (Å²) in [5, 5.41) is 4.52. The molecule has 0 aromatic heterocycles. The first-order valence-electron chi connectivity index (χ1n) is 8.14. The van der Waals surface area contributed by atoms with Crippen molar-refractivity contribution in [3.05, 3.63) is 53.1 Å². The second-order valence-corrected chi connectivity index (χ2v) is 6.47. The summed E-state index contributed by atoms with van der Waals surface area (Å²) < 4.78 is 10.6. The predicted molar refractivity (Wildman–Crippen MR) is 98.4 cm³/mol. The zero-order chi connectivity index (χ0) is 19.1. The maximum atomic E-state index is 13.1. The summed E-state index contributed by atoms with van der Waals surface area (Å²) in [6.07, 6.45) is -1.00. The number of fused-ring (bicyclic) bond motifs is 1. The van der Waals surface area contributed by atoms with Crippen molar-refractivity contribution < 1.29 is 23.9 Å². The van der Waals surface area contributed by atoms with E-state index in [2.05, 4.69) is 5.16 Å². The highest BCUT2D eigenvalue weighted by Crippen LogP contribution is 2.38. The molecule has 2 aromatic carbocycles. The molecule has 7 nitrogen and oxygen atoms in total. The Kier molecular flexibility index (Phi) is 4.24. The molecule has 0 N–H and O–H groups in total. The Balaban J connectivity index is 1.73. The summed E-state index contributed by atoms with van der Waals surface area (Å²) in [6.45, 7) is 0. The Morgan fingerprint density at radius 2 is 1.78 bits per heavy atom. The molecule has 2 heterocycles. The van der Waals surface area contributed by atoms with Crippen molar-refractivity contribution in [2.75, 3.05) is 19.1 Å². The standard InChI is InChI=1S/C19H15ClN2O5/c1-25-12-7-8-14(26-2)13(9-12)16-15-17(27-21-16)19(24)22(18(15)23)11-5-3-10(20)4-6-11/h3-9,15,17H,1-2H3. The third kappa shape index (κ3) is 2.71. The molecule has 1 saturated heterocycles. The molecule has 0 saturated carbocycles. The van der Waals surface area contributed by atoms with Crippen LogP contribution in [-0.4, -0.2) is 37.8 Å². The van der Waals surface area contributed by atoms with Gasteiger partial charge >= 0.3 is 0 Å². The number of hydrogen-bond donors (Lipinski definition) is 0. The fourth-order valence-corrected chi connectivity index (χ4v) is 3.39. The minimum absolute atomic E-state index is 0.338. The van der Waals surface area contributed by atoms with Gasteiger partial charge in [-0.3, -0.25) is 9.59 Å². The Morgan fingerprint density at radius 1 is 1.04 bits per heavy atom.